The van der Waals surface area contributed by atoms with Gasteiger partial charge in [-0.15, -0.1) is 0 Å². The Balaban J connectivity index is 1.50. The van der Waals surface area contributed by atoms with E-state index in [2.05, 4.69) is 10.00 Å². The van der Waals surface area contributed by atoms with Crippen LogP contribution in [-0.2, 0) is 7.05 Å². The largest absolute Gasteiger partial charge is 0.395 e. The van der Waals surface area contributed by atoms with Crippen molar-refractivity contribution in [1.29, 1.82) is 0 Å². The Morgan fingerprint density at radius 3 is 2.72 bits per heavy atom. The molecule has 7 nitrogen and oxygen atoms in total. The number of rotatable bonds is 2. The number of aromatic nitrogens is 2. The van der Waals surface area contributed by atoms with E-state index in [-0.39, 0.29) is 30.0 Å². The van der Waals surface area contributed by atoms with Crippen molar-refractivity contribution < 1.29 is 9.90 Å². The van der Waals surface area contributed by atoms with Gasteiger partial charge in [-0.3, -0.25) is 14.5 Å². The molecule has 0 unspecified atom stereocenters. The maximum absolute atomic E-state index is 13.5. The van der Waals surface area contributed by atoms with Crippen LogP contribution in [0.4, 0.5) is 0 Å². The highest BCUT2D eigenvalue weighted by Crippen LogP contribution is 2.41. The highest BCUT2D eigenvalue weighted by atomic mass is 16.3. The number of hydrogen-bond acceptors (Lipinski definition) is 5. The molecule has 0 spiro atoms. The minimum Gasteiger partial charge on any atom is -0.395 e. The number of aliphatic hydroxyl groups excluding tert-OH is 1. The predicted molar refractivity (Wildman–Crippen MR) is 110 cm³/mol. The van der Waals surface area contributed by atoms with Crippen molar-refractivity contribution in [3.05, 3.63) is 40.3 Å². The van der Waals surface area contributed by atoms with Gasteiger partial charge in [0.25, 0.3) is 11.5 Å². The van der Waals surface area contributed by atoms with Gasteiger partial charge in [0.2, 0.25) is 0 Å². The summed E-state index contributed by atoms with van der Waals surface area (Å²) in [6, 6.07) is 7.80. The van der Waals surface area contributed by atoms with E-state index >= 15 is 0 Å². The number of fused-ring (bicyclic) bond motifs is 5. The molecule has 1 amide bonds. The normalized spacial score (nSPS) is 29.7. The Morgan fingerprint density at radius 2 is 1.93 bits per heavy atom. The quantitative estimate of drug-likeness (QED) is 0.826. The minimum atomic E-state index is -0.189. The molecule has 1 N–H and O–H groups in total. The van der Waals surface area contributed by atoms with Crippen LogP contribution in [0.25, 0.3) is 10.8 Å². The summed E-state index contributed by atoms with van der Waals surface area (Å²) in [4.78, 5) is 30.4. The maximum Gasteiger partial charge on any atom is 0.274 e. The van der Waals surface area contributed by atoms with Crippen LogP contribution in [-0.4, -0.2) is 68.9 Å². The molecule has 2 bridgehead atoms. The molecule has 2 aromatic rings. The number of aliphatic hydroxyl groups is 1. The molecule has 3 aliphatic heterocycles. The topological polar surface area (TPSA) is 78.7 Å². The standard InChI is InChI=1S/C22H28N4O3/c1-24-21(28)17-7-3-2-6-16(17)20(23-24)22(29)25-11-14-10-15(12-25)19(13-27)26-9-5-4-8-18(14)26/h2-3,6-7,14-15,18-19,27H,4-5,8-13H2,1H3/t14-,15+,18+,19+/m1/s1. The number of hydrogen-bond donors (Lipinski definition) is 1. The van der Waals surface area contributed by atoms with Crippen LogP contribution in [0, 0.1) is 11.8 Å². The Morgan fingerprint density at radius 1 is 1.17 bits per heavy atom. The number of aryl methyl sites for hydroxylation is 1. The van der Waals surface area contributed by atoms with Gasteiger partial charge >= 0.3 is 0 Å². The molecule has 0 radical (unpaired) electrons. The van der Waals surface area contributed by atoms with Crippen molar-refractivity contribution >= 4 is 16.7 Å². The second-order valence-electron chi connectivity index (χ2n) is 8.84. The Bertz CT molecular complexity index is 989. The summed E-state index contributed by atoms with van der Waals surface area (Å²) in [7, 11) is 1.60. The predicted octanol–water partition coefficient (Wildman–Crippen LogP) is 1.24. The van der Waals surface area contributed by atoms with E-state index in [0.717, 1.165) is 25.9 Å². The molecule has 0 aliphatic carbocycles. The van der Waals surface area contributed by atoms with Crippen molar-refractivity contribution in [2.75, 3.05) is 26.2 Å². The summed E-state index contributed by atoms with van der Waals surface area (Å²) < 4.78 is 1.26. The van der Waals surface area contributed by atoms with Crippen LogP contribution in [0.5, 0.6) is 0 Å². The van der Waals surface area contributed by atoms with E-state index in [1.165, 1.54) is 17.5 Å². The van der Waals surface area contributed by atoms with Crippen LogP contribution in [0.15, 0.2) is 29.1 Å². The fourth-order valence-corrected chi connectivity index (χ4v) is 5.93. The van der Waals surface area contributed by atoms with Gasteiger partial charge in [0.15, 0.2) is 5.69 Å². The molecule has 3 aliphatic rings. The molecule has 1 aromatic carbocycles. The first-order valence-corrected chi connectivity index (χ1v) is 10.7. The zero-order chi connectivity index (χ0) is 20.1. The number of nitrogens with zero attached hydrogens (tertiary/aromatic N) is 4. The molecular weight excluding hydrogens is 368 g/mol. The Kier molecular flexibility index (Phi) is 4.67. The smallest absolute Gasteiger partial charge is 0.274 e. The number of carbonyl (C=O) groups is 1. The first-order valence-electron chi connectivity index (χ1n) is 10.7. The van der Waals surface area contributed by atoms with E-state index < -0.39 is 0 Å². The lowest BCUT2D eigenvalue weighted by Crippen LogP contribution is -2.65. The third-order valence-corrected chi connectivity index (χ3v) is 7.26. The monoisotopic (exact) mass is 396 g/mol. The first kappa shape index (κ1) is 18.8. The van der Waals surface area contributed by atoms with E-state index in [1.807, 2.05) is 17.0 Å². The second kappa shape index (κ2) is 7.22. The molecule has 154 valence electrons. The van der Waals surface area contributed by atoms with E-state index in [0.29, 0.717) is 35.0 Å². The van der Waals surface area contributed by atoms with Crippen LogP contribution in [0.3, 0.4) is 0 Å². The number of likely N-dealkylation sites (tertiary alicyclic amines) is 1. The number of carbonyl (C=O) groups excluding carboxylic acids is 1. The van der Waals surface area contributed by atoms with Gasteiger partial charge in [0.05, 0.1) is 12.0 Å². The number of amides is 1. The molecule has 7 heteroatoms. The van der Waals surface area contributed by atoms with Crippen LogP contribution in [0.2, 0.25) is 0 Å². The molecule has 3 fully saturated rings. The zero-order valence-electron chi connectivity index (χ0n) is 16.8. The van der Waals surface area contributed by atoms with Gasteiger partial charge in [0, 0.05) is 37.6 Å². The lowest BCUT2D eigenvalue weighted by atomic mass is 9.72. The third kappa shape index (κ3) is 2.99. The van der Waals surface area contributed by atoms with Crippen molar-refractivity contribution in [3.63, 3.8) is 0 Å². The molecule has 1 aromatic heterocycles. The number of piperidine rings is 3. The lowest BCUT2D eigenvalue weighted by Gasteiger charge is -2.56. The average molecular weight is 396 g/mol. The van der Waals surface area contributed by atoms with Crippen molar-refractivity contribution in [2.45, 2.75) is 37.8 Å². The summed E-state index contributed by atoms with van der Waals surface area (Å²) in [6.45, 7) is 2.58. The number of benzene rings is 1. The fraction of sp³-hybridized carbons (Fsp3) is 0.591. The molecule has 4 heterocycles. The van der Waals surface area contributed by atoms with Gasteiger partial charge < -0.3 is 10.0 Å². The van der Waals surface area contributed by atoms with E-state index in [9.17, 15) is 14.7 Å². The minimum absolute atomic E-state index is 0.104. The Labute approximate surface area is 169 Å². The van der Waals surface area contributed by atoms with E-state index in [4.69, 9.17) is 0 Å². The van der Waals surface area contributed by atoms with Gasteiger partial charge in [-0.05, 0) is 43.7 Å². The van der Waals surface area contributed by atoms with Crippen molar-refractivity contribution in [2.24, 2.45) is 18.9 Å². The van der Waals surface area contributed by atoms with Crippen LogP contribution >= 0.6 is 0 Å². The van der Waals surface area contributed by atoms with Crippen molar-refractivity contribution in [1.82, 2.24) is 19.6 Å². The van der Waals surface area contributed by atoms with Crippen LogP contribution < -0.4 is 5.56 Å². The zero-order valence-corrected chi connectivity index (χ0v) is 16.8. The molecule has 29 heavy (non-hydrogen) atoms. The molecule has 0 saturated carbocycles. The Hall–Kier alpha value is -2.25. The van der Waals surface area contributed by atoms with Gasteiger partial charge in [-0.1, -0.05) is 24.6 Å². The summed E-state index contributed by atoms with van der Waals surface area (Å²) in [5, 5.41) is 15.6. The molecule has 3 saturated heterocycles. The maximum atomic E-state index is 13.5. The highest BCUT2D eigenvalue weighted by molar-refractivity contribution is 6.04. The average Bonchev–Trinajstić information content (AvgIpc) is 2.76. The highest BCUT2D eigenvalue weighted by Gasteiger charge is 2.47. The van der Waals surface area contributed by atoms with Gasteiger partial charge in [-0.2, -0.15) is 5.10 Å². The van der Waals surface area contributed by atoms with Gasteiger partial charge in [-0.25, -0.2) is 4.68 Å². The first-order chi connectivity index (χ1) is 14.1. The summed E-state index contributed by atoms with van der Waals surface area (Å²) >= 11 is 0. The van der Waals surface area contributed by atoms with Crippen molar-refractivity contribution in [3.8, 4) is 0 Å². The van der Waals surface area contributed by atoms with Crippen LogP contribution in [0.1, 0.15) is 36.2 Å². The fourth-order valence-electron chi connectivity index (χ4n) is 5.93. The summed E-state index contributed by atoms with van der Waals surface area (Å²) in [5.41, 5.74) is 0.162. The van der Waals surface area contributed by atoms with Gasteiger partial charge in [0.1, 0.15) is 0 Å². The van der Waals surface area contributed by atoms with E-state index in [1.54, 1.807) is 19.2 Å². The third-order valence-electron chi connectivity index (χ3n) is 7.26. The summed E-state index contributed by atoms with van der Waals surface area (Å²) in [5.74, 6) is 0.628. The lowest BCUT2D eigenvalue weighted by molar-refractivity contribution is -0.0795. The molecule has 4 atom stereocenters. The molecular formula is C22H28N4O3. The summed E-state index contributed by atoms with van der Waals surface area (Å²) in [6.07, 6.45) is 4.65. The second-order valence-corrected chi connectivity index (χ2v) is 8.84. The SMILES string of the molecule is Cn1nc(C(=O)N2C[C@H]3C[C@@H](C2)[C@H](CO)N2CCCC[C@@H]32)c2ccccc2c1=O. The molecule has 5 rings (SSSR count).